The van der Waals surface area contributed by atoms with Crippen LogP contribution in [0.1, 0.15) is 22.8 Å². The van der Waals surface area contributed by atoms with Gasteiger partial charge in [-0.15, -0.1) is 0 Å². The molecule has 4 heteroatoms. The number of aliphatic hydroxyl groups is 1. The molecule has 4 nitrogen and oxygen atoms in total. The van der Waals surface area contributed by atoms with E-state index in [9.17, 15) is 5.11 Å². The molecular weight excluding hydrogens is 268 g/mol. The van der Waals surface area contributed by atoms with Crippen LogP contribution in [0.2, 0.25) is 0 Å². The SMILES string of the molecule is COc1ccc(OC)c(C(O)c2ccc(C)cc2OC)c1. The van der Waals surface area contributed by atoms with Gasteiger partial charge in [-0.2, -0.15) is 0 Å². The molecule has 0 aromatic heterocycles. The third-order valence-electron chi connectivity index (χ3n) is 3.42. The molecule has 1 atom stereocenters. The van der Waals surface area contributed by atoms with E-state index in [-0.39, 0.29) is 0 Å². The minimum atomic E-state index is -0.856. The Labute approximate surface area is 124 Å². The molecule has 0 bridgehead atoms. The minimum Gasteiger partial charge on any atom is -0.497 e. The van der Waals surface area contributed by atoms with Crippen LogP contribution in [0.5, 0.6) is 17.2 Å². The van der Waals surface area contributed by atoms with Gasteiger partial charge in [0.1, 0.15) is 23.4 Å². The van der Waals surface area contributed by atoms with Gasteiger partial charge in [0.2, 0.25) is 0 Å². The van der Waals surface area contributed by atoms with Crippen molar-refractivity contribution < 1.29 is 19.3 Å². The molecule has 2 rings (SSSR count). The molecule has 0 aliphatic rings. The van der Waals surface area contributed by atoms with Crippen molar-refractivity contribution in [1.29, 1.82) is 0 Å². The van der Waals surface area contributed by atoms with E-state index in [1.807, 2.05) is 25.1 Å². The molecule has 0 saturated heterocycles. The van der Waals surface area contributed by atoms with Gasteiger partial charge in [-0.3, -0.25) is 0 Å². The Morgan fingerprint density at radius 3 is 2.14 bits per heavy atom. The van der Waals surface area contributed by atoms with Gasteiger partial charge in [0.15, 0.2) is 0 Å². The monoisotopic (exact) mass is 288 g/mol. The summed E-state index contributed by atoms with van der Waals surface area (Å²) in [7, 11) is 4.75. The maximum atomic E-state index is 10.7. The van der Waals surface area contributed by atoms with Gasteiger partial charge in [0, 0.05) is 11.1 Å². The standard InChI is InChI=1S/C17H20O4/c1-11-5-7-13(16(9-11)21-4)17(18)14-10-12(19-2)6-8-15(14)20-3/h5-10,17-18H,1-4H3. The van der Waals surface area contributed by atoms with Crippen LogP contribution in [-0.4, -0.2) is 26.4 Å². The zero-order valence-electron chi connectivity index (χ0n) is 12.7. The Kier molecular flexibility index (Phi) is 4.70. The van der Waals surface area contributed by atoms with Crippen molar-refractivity contribution in [1.82, 2.24) is 0 Å². The number of hydrogen-bond donors (Lipinski definition) is 1. The molecule has 0 amide bonds. The first-order valence-electron chi connectivity index (χ1n) is 6.65. The minimum absolute atomic E-state index is 0.603. The van der Waals surface area contributed by atoms with E-state index < -0.39 is 6.10 Å². The van der Waals surface area contributed by atoms with Crippen LogP contribution in [0.15, 0.2) is 36.4 Å². The molecule has 1 N–H and O–H groups in total. The number of hydrogen-bond acceptors (Lipinski definition) is 4. The first-order chi connectivity index (χ1) is 10.1. The van der Waals surface area contributed by atoms with Gasteiger partial charge < -0.3 is 19.3 Å². The van der Waals surface area contributed by atoms with Crippen LogP contribution in [0.4, 0.5) is 0 Å². The Morgan fingerprint density at radius 1 is 0.810 bits per heavy atom. The summed E-state index contributed by atoms with van der Waals surface area (Å²) >= 11 is 0. The van der Waals surface area contributed by atoms with E-state index in [2.05, 4.69) is 0 Å². The fourth-order valence-electron chi connectivity index (χ4n) is 2.26. The zero-order valence-corrected chi connectivity index (χ0v) is 12.7. The van der Waals surface area contributed by atoms with Gasteiger partial charge in [-0.25, -0.2) is 0 Å². The van der Waals surface area contributed by atoms with E-state index in [1.165, 1.54) is 0 Å². The summed E-state index contributed by atoms with van der Waals surface area (Å²) in [6, 6.07) is 11.0. The van der Waals surface area contributed by atoms with Crippen molar-refractivity contribution in [3.63, 3.8) is 0 Å². The molecule has 0 fully saturated rings. The summed E-state index contributed by atoms with van der Waals surface area (Å²) in [4.78, 5) is 0. The van der Waals surface area contributed by atoms with E-state index in [4.69, 9.17) is 14.2 Å². The lowest BCUT2D eigenvalue weighted by Crippen LogP contribution is -2.05. The number of ether oxygens (including phenoxy) is 3. The summed E-state index contributed by atoms with van der Waals surface area (Å²) in [5, 5.41) is 10.7. The molecule has 112 valence electrons. The Balaban J connectivity index is 2.50. The summed E-state index contributed by atoms with van der Waals surface area (Å²) in [6.45, 7) is 1.98. The second-order valence-electron chi connectivity index (χ2n) is 4.76. The van der Waals surface area contributed by atoms with E-state index in [0.29, 0.717) is 28.4 Å². The highest BCUT2D eigenvalue weighted by Crippen LogP contribution is 2.36. The number of benzene rings is 2. The third-order valence-corrected chi connectivity index (χ3v) is 3.42. The highest BCUT2D eigenvalue weighted by Gasteiger charge is 2.20. The number of rotatable bonds is 5. The largest absolute Gasteiger partial charge is 0.497 e. The first kappa shape index (κ1) is 15.2. The predicted octanol–water partition coefficient (Wildman–Crippen LogP) is 3.10. The van der Waals surface area contributed by atoms with Gasteiger partial charge in [0.05, 0.1) is 21.3 Å². The normalized spacial score (nSPS) is 11.9. The lowest BCUT2D eigenvalue weighted by Gasteiger charge is -2.18. The molecule has 2 aromatic rings. The van der Waals surface area contributed by atoms with Crippen LogP contribution >= 0.6 is 0 Å². The van der Waals surface area contributed by atoms with Crippen LogP contribution in [-0.2, 0) is 0 Å². The molecular formula is C17H20O4. The molecule has 0 heterocycles. The molecule has 0 aliphatic heterocycles. The number of methoxy groups -OCH3 is 3. The molecule has 0 radical (unpaired) electrons. The van der Waals surface area contributed by atoms with Gasteiger partial charge in [-0.05, 0) is 36.8 Å². The highest BCUT2D eigenvalue weighted by molar-refractivity contribution is 5.49. The molecule has 0 aliphatic carbocycles. The number of aliphatic hydroxyl groups excluding tert-OH is 1. The third kappa shape index (κ3) is 3.11. The average molecular weight is 288 g/mol. The van der Waals surface area contributed by atoms with E-state index >= 15 is 0 Å². The van der Waals surface area contributed by atoms with Crippen molar-refractivity contribution in [2.45, 2.75) is 13.0 Å². The van der Waals surface area contributed by atoms with Crippen molar-refractivity contribution >= 4 is 0 Å². The quantitative estimate of drug-likeness (QED) is 0.918. The molecule has 21 heavy (non-hydrogen) atoms. The van der Waals surface area contributed by atoms with Crippen molar-refractivity contribution in [3.05, 3.63) is 53.1 Å². The molecule has 0 saturated carbocycles. The van der Waals surface area contributed by atoms with E-state index in [1.54, 1.807) is 39.5 Å². The van der Waals surface area contributed by atoms with E-state index in [0.717, 1.165) is 5.56 Å². The van der Waals surface area contributed by atoms with Crippen LogP contribution in [0, 0.1) is 6.92 Å². The molecule has 2 aromatic carbocycles. The second-order valence-corrected chi connectivity index (χ2v) is 4.76. The Bertz CT molecular complexity index is 622. The fraction of sp³-hybridized carbons (Fsp3) is 0.294. The Morgan fingerprint density at radius 2 is 1.52 bits per heavy atom. The van der Waals surface area contributed by atoms with Crippen LogP contribution < -0.4 is 14.2 Å². The lowest BCUT2D eigenvalue weighted by molar-refractivity contribution is 0.209. The summed E-state index contributed by atoms with van der Waals surface area (Å²) in [6.07, 6.45) is -0.856. The zero-order chi connectivity index (χ0) is 15.4. The Hall–Kier alpha value is -2.20. The predicted molar refractivity (Wildman–Crippen MR) is 81.3 cm³/mol. The lowest BCUT2D eigenvalue weighted by atomic mass is 9.98. The fourth-order valence-corrected chi connectivity index (χ4v) is 2.26. The maximum absolute atomic E-state index is 10.7. The highest BCUT2D eigenvalue weighted by atomic mass is 16.5. The topological polar surface area (TPSA) is 47.9 Å². The maximum Gasteiger partial charge on any atom is 0.125 e. The summed E-state index contributed by atoms with van der Waals surface area (Å²) in [5.74, 6) is 1.91. The molecule has 1 unspecified atom stereocenters. The summed E-state index contributed by atoms with van der Waals surface area (Å²) in [5.41, 5.74) is 2.40. The van der Waals surface area contributed by atoms with Crippen LogP contribution in [0.3, 0.4) is 0 Å². The first-order valence-corrected chi connectivity index (χ1v) is 6.65. The average Bonchev–Trinajstić information content (AvgIpc) is 2.53. The van der Waals surface area contributed by atoms with Crippen LogP contribution in [0.25, 0.3) is 0 Å². The number of aryl methyl sites for hydroxylation is 1. The van der Waals surface area contributed by atoms with Crippen molar-refractivity contribution in [2.75, 3.05) is 21.3 Å². The molecule has 0 spiro atoms. The second kappa shape index (κ2) is 6.50. The van der Waals surface area contributed by atoms with Crippen molar-refractivity contribution in [3.8, 4) is 17.2 Å². The van der Waals surface area contributed by atoms with Crippen molar-refractivity contribution in [2.24, 2.45) is 0 Å². The van der Waals surface area contributed by atoms with Gasteiger partial charge in [-0.1, -0.05) is 12.1 Å². The smallest absolute Gasteiger partial charge is 0.125 e. The van der Waals surface area contributed by atoms with Gasteiger partial charge in [0.25, 0.3) is 0 Å². The summed E-state index contributed by atoms with van der Waals surface area (Å²) < 4.78 is 15.9. The van der Waals surface area contributed by atoms with Gasteiger partial charge >= 0.3 is 0 Å².